The van der Waals surface area contributed by atoms with Gasteiger partial charge in [0.25, 0.3) is 0 Å². The van der Waals surface area contributed by atoms with E-state index in [1.165, 1.54) is 18.4 Å². The second-order valence-corrected chi connectivity index (χ2v) is 8.57. The van der Waals surface area contributed by atoms with E-state index < -0.39 is 23.8 Å². The Bertz CT molecular complexity index is 980. The van der Waals surface area contributed by atoms with Crippen molar-refractivity contribution in [3.05, 3.63) is 64.6 Å². The Labute approximate surface area is 172 Å². The molecule has 1 fully saturated rings. The van der Waals surface area contributed by atoms with E-state index in [0.717, 1.165) is 10.4 Å². The number of carboxylic acid groups (broad SMARTS) is 1. The van der Waals surface area contributed by atoms with E-state index in [1.54, 1.807) is 6.07 Å². The van der Waals surface area contributed by atoms with E-state index in [-0.39, 0.29) is 17.7 Å². The molecule has 2 N–H and O–H groups in total. The van der Waals surface area contributed by atoms with Gasteiger partial charge in [0.1, 0.15) is 5.00 Å². The maximum absolute atomic E-state index is 13.0. The molecule has 1 amide bonds. The van der Waals surface area contributed by atoms with Crippen molar-refractivity contribution in [1.29, 1.82) is 0 Å². The fraction of sp³-hybridized carbons (Fsp3) is 0.318. The van der Waals surface area contributed by atoms with Crippen molar-refractivity contribution >= 4 is 34.2 Å². The van der Waals surface area contributed by atoms with E-state index in [4.69, 9.17) is 4.74 Å². The Hall–Kier alpha value is -2.93. The molecular formula is C22H21NO5S. The fourth-order valence-electron chi connectivity index (χ4n) is 4.39. The molecule has 0 aliphatic heterocycles. The third-order valence-corrected chi connectivity index (χ3v) is 6.74. The summed E-state index contributed by atoms with van der Waals surface area (Å²) in [6.45, 7) is 0. The lowest BCUT2D eigenvalue weighted by Crippen LogP contribution is -2.36. The number of carboxylic acids is 1. The predicted molar refractivity (Wildman–Crippen MR) is 109 cm³/mol. The second kappa shape index (κ2) is 7.83. The number of allylic oxidation sites excluding steroid dienone is 2. The largest absolute Gasteiger partial charge is 0.481 e. The average Bonchev–Trinajstić information content (AvgIpc) is 3.42. The summed E-state index contributed by atoms with van der Waals surface area (Å²) >= 11 is 1.32. The zero-order valence-corrected chi connectivity index (χ0v) is 16.6. The monoisotopic (exact) mass is 411 g/mol. The molecule has 1 saturated carbocycles. The lowest BCUT2D eigenvalue weighted by molar-refractivity contribution is -0.146. The highest BCUT2D eigenvalue weighted by Crippen LogP contribution is 2.48. The molecule has 1 aromatic carbocycles. The lowest BCUT2D eigenvalue weighted by atomic mass is 9.82. The number of esters is 1. The predicted octanol–water partition coefficient (Wildman–Crippen LogP) is 3.59. The summed E-state index contributed by atoms with van der Waals surface area (Å²) < 4.78 is 4.87. The van der Waals surface area contributed by atoms with Gasteiger partial charge in [-0.3, -0.25) is 9.59 Å². The van der Waals surface area contributed by atoms with Crippen molar-refractivity contribution in [2.75, 3.05) is 12.4 Å². The zero-order chi connectivity index (χ0) is 20.5. The number of hydrogen-bond donors (Lipinski definition) is 2. The minimum Gasteiger partial charge on any atom is -0.481 e. The molecule has 2 aliphatic carbocycles. The standard InChI is InChI=1S/C22H21NO5S/c1-28-22(27)16-11-15(9-12-5-3-2-4-6-12)29-20(16)23-19(24)17-13-7-8-14(10-13)18(17)21(25)26/h2-8,11,13-14,17-18H,9-10H2,1H3,(H,23,24)(H,25,26)/t13-,14-,17-,18-/m0/s1. The van der Waals surface area contributed by atoms with E-state index in [0.29, 0.717) is 23.4 Å². The van der Waals surface area contributed by atoms with Crippen LogP contribution in [0.15, 0.2) is 48.6 Å². The summed E-state index contributed by atoms with van der Waals surface area (Å²) in [6, 6.07) is 11.5. The highest BCUT2D eigenvalue weighted by Gasteiger charge is 2.51. The number of ether oxygens (including phenoxy) is 1. The topological polar surface area (TPSA) is 92.7 Å². The molecule has 2 bridgehead atoms. The Balaban J connectivity index is 1.58. The number of amides is 1. The molecule has 1 aromatic heterocycles. The lowest BCUT2D eigenvalue weighted by Gasteiger charge is -2.23. The summed E-state index contributed by atoms with van der Waals surface area (Å²) in [5.41, 5.74) is 1.38. The van der Waals surface area contributed by atoms with Crippen molar-refractivity contribution in [3.8, 4) is 0 Å². The Morgan fingerprint density at radius 2 is 1.83 bits per heavy atom. The Kier molecular flexibility index (Phi) is 5.24. The zero-order valence-electron chi connectivity index (χ0n) is 15.8. The van der Waals surface area contributed by atoms with Gasteiger partial charge in [-0.15, -0.1) is 11.3 Å². The van der Waals surface area contributed by atoms with Crippen LogP contribution in [0, 0.1) is 23.7 Å². The molecule has 4 rings (SSSR count). The Morgan fingerprint density at radius 1 is 1.14 bits per heavy atom. The van der Waals surface area contributed by atoms with Gasteiger partial charge in [0.05, 0.1) is 24.5 Å². The van der Waals surface area contributed by atoms with Crippen LogP contribution in [0.1, 0.15) is 27.2 Å². The molecule has 4 atom stereocenters. The van der Waals surface area contributed by atoms with E-state index in [9.17, 15) is 19.5 Å². The first-order valence-corrected chi connectivity index (χ1v) is 10.3. The number of carbonyl (C=O) groups excluding carboxylic acids is 2. The molecule has 0 radical (unpaired) electrons. The number of carbonyl (C=O) groups is 3. The van der Waals surface area contributed by atoms with Gasteiger partial charge >= 0.3 is 11.9 Å². The van der Waals surface area contributed by atoms with E-state index in [1.807, 2.05) is 42.5 Å². The Morgan fingerprint density at radius 3 is 2.48 bits per heavy atom. The quantitative estimate of drug-likeness (QED) is 0.560. The molecule has 6 nitrogen and oxygen atoms in total. The smallest absolute Gasteiger partial charge is 0.340 e. The van der Waals surface area contributed by atoms with Crippen LogP contribution in [0.3, 0.4) is 0 Å². The summed E-state index contributed by atoms with van der Waals surface area (Å²) in [4.78, 5) is 37.8. The number of hydrogen-bond acceptors (Lipinski definition) is 5. The molecule has 7 heteroatoms. The van der Waals surface area contributed by atoms with Crippen LogP contribution in [0.5, 0.6) is 0 Å². The molecule has 29 heavy (non-hydrogen) atoms. The third kappa shape index (κ3) is 3.70. The van der Waals surface area contributed by atoms with Crippen LogP contribution in [-0.2, 0) is 20.7 Å². The van der Waals surface area contributed by atoms with Crippen LogP contribution in [0.2, 0.25) is 0 Å². The van der Waals surface area contributed by atoms with Gasteiger partial charge in [-0.2, -0.15) is 0 Å². The minimum absolute atomic E-state index is 0.0774. The third-order valence-electron chi connectivity index (χ3n) is 5.69. The summed E-state index contributed by atoms with van der Waals surface area (Å²) in [5.74, 6) is -3.38. The van der Waals surface area contributed by atoms with Gasteiger partial charge in [0.15, 0.2) is 0 Å². The molecule has 2 aliphatic rings. The maximum atomic E-state index is 13.0. The number of anilines is 1. The number of fused-ring (bicyclic) bond motifs is 2. The van der Waals surface area contributed by atoms with E-state index >= 15 is 0 Å². The maximum Gasteiger partial charge on any atom is 0.340 e. The van der Waals surface area contributed by atoms with Crippen LogP contribution in [0.4, 0.5) is 5.00 Å². The number of rotatable bonds is 6. The average molecular weight is 411 g/mol. The fourth-order valence-corrected chi connectivity index (χ4v) is 5.47. The van der Waals surface area contributed by atoms with Gasteiger partial charge < -0.3 is 15.2 Å². The van der Waals surface area contributed by atoms with Crippen molar-refractivity contribution in [3.63, 3.8) is 0 Å². The summed E-state index contributed by atoms with van der Waals surface area (Å²) in [5, 5.41) is 12.8. The molecule has 0 spiro atoms. The normalized spacial score (nSPS) is 24.4. The van der Waals surface area contributed by atoms with Crippen LogP contribution >= 0.6 is 11.3 Å². The molecule has 0 unspecified atom stereocenters. The van der Waals surface area contributed by atoms with Gasteiger partial charge in [-0.25, -0.2) is 4.79 Å². The van der Waals surface area contributed by atoms with Gasteiger partial charge in [0.2, 0.25) is 5.91 Å². The number of methoxy groups -OCH3 is 1. The van der Waals surface area contributed by atoms with Crippen LogP contribution in [-0.4, -0.2) is 30.1 Å². The first-order chi connectivity index (χ1) is 14.0. The molecule has 1 heterocycles. The second-order valence-electron chi connectivity index (χ2n) is 7.44. The van der Waals surface area contributed by atoms with Crippen molar-refractivity contribution in [2.45, 2.75) is 12.8 Å². The van der Waals surface area contributed by atoms with Gasteiger partial charge in [-0.1, -0.05) is 42.5 Å². The minimum atomic E-state index is -0.953. The summed E-state index contributed by atoms with van der Waals surface area (Å²) in [7, 11) is 1.30. The van der Waals surface area contributed by atoms with Crippen LogP contribution in [0.25, 0.3) is 0 Å². The first-order valence-electron chi connectivity index (χ1n) is 9.45. The van der Waals surface area contributed by atoms with Crippen molar-refractivity contribution < 1.29 is 24.2 Å². The highest BCUT2D eigenvalue weighted by atomic mass is 32.1. The number of thiophene rings is 1. The molecule has 0 saturated heterocycles. The number of benzene rings is 1. The molecular weight excluding hydrogens is 390 g/mol. The first kappa shape index (κ1) is 19.4. The van der Waals surface area contributed by atoms with Crippen LogP contribution < -0.4 is 5.32 Å². The number of nitrogens with one attached hydrogen (secondary N) is 1. The number of aliphatic carboxylic acids is 1. The summed E-state index contributed by atoms with van der Waals surface area (Å²) in [6.07, 6.45) is 5.14. The van der Waals surface area contributed by atoms with Gasteiger partial charge in [0, 0.05) is 11.3 Å². The van der Waals surface area contributed by atoms with Crippen molar-refractivity contribution in [1.82, 2.24) is 0 Å². The van der Waals surface area contributed by atoms with Gasteiger partial charge in [-0.05, 0) is 29.9 Å². The SMILES string of the molecule is COC(=O)c1cc(Cc2ccccc2)sc1NC(=O)[C@@H]1[C@@H](C(=O)O)[C@H]2C=C[C@H]1C2. The molecule has 2 aromatic rings. The van der Waals surface area contributed by atoms with E-state index in [2.05, 4.69) is 5.32 Å². The highest BCUT2D eigenvalue weighted by molar-refractivity contribution is 7.16. The molecule has 150 valence electrons. The van der Waals surface area contributed by atoms with Crippen molar-refractivity contribution in [2.24, 2.45) is 23.7 Å².